The summed E-state index contributed by atoms with van der Waals surface area (Å²) in [5.74, 6) is -1.49. The van der Waals surface area contributed by atoms with Crippen molar-refractivity contribution in [3.05, 3.63) is 64.7 Å². The Morgan fingerprint density at radius 3 is 2.52 bits per heavy atom. The van der Waals surface area contributed by atoms with Crippen LogP contribution in [0.4, 0.5) is 8.78 Å². The standard InChI is InChI=1S/C15H12ClF2NOS/c16-10-1-4-12(5-2-10)21-8-7-19-15(20)13-6-3-11(17)9-14(13)18/h1-6,9H,7-8H2,(H,19,20). The lowest BCUT2D eigenvalue weighted by Crippen LogP contribution is -2.26. The minimum Gasteiger partial charge on any atom is -0.351 e. The van der Waals surface area contributed by atoms with Crippen molar-refractivity contribution in [2.75, 3.05) is 12.3 Å². The third-order valence-electron chi connectivity index (χ3n) is 2.65. The van der Waals surface area contributed by atoms with Gasteiger partial charge in [0, 0.05) is 28.3 Å². The molecule has 0 aliphatic rings. The Morgan fingerprint density at radius 1 is 1.14 bits per heavy atom. The predicted octanol–water partition coefficient (Wildman–Crippen LogP) is 4.14. The normalized spacial score (nSPS) is 10.4. The van der Waals surface area contributed by atoms with Gasteiger partial charge in [0.05, 0.1) is 5.56 Å². The van der Waals surface area contributed by atoms with E-state index < -0.39 is 17.5 Å². The summed E-state index contributed by atoms with van der Waals surface area (Å²) in [6, 6.07) is 10.2. The molecule has 0 fully saturated rings. The first-order chi connectivity index (χ1) is 10.1. The smallest absolute Gasteiger partial charge is 0.254 e. The highest BCUT2D eigenvalue weighted by atomic mass is 35.5. The molecular formula is C15H12ClF2NOS. The van der Waals surface area contributed by atoms with Crippen molar-refractivity contribution >= 4 is 29.3 Å². The van der Waals surface area contributed by atoms with Crippen LogP contribution in [0, 0.1) is 11.6 Å². The Morgan fingerprint density at radius 2 is 1.86 bits per heavy atom. The molecule has 0 saturated carbocycles. The molecule has 21 heavy (non-hydrogen) atoms. The number of carbonyl (C=O) groups is 1. The average Bonchev–Trinajstić information content (AvgIpc) is 2.45. The van der Waals surface area contributed by atoms with E-state index in [1.54, 1.807) is 23.9 Å². The van der Waals surface area contributed by atoms with Gasteiger partial charge in [0.15, 0.2) is 0 Å². The number of thioether (sulfide) groups is 1. The molecule has 2 nitrogen and oxygen atoms in total. The van der Waals surface area contributed by atoms with E-state index in [0.717, 1.165) is 17.0 Å². The molecule has 0 spiro atoms. The number of carbonyl (C=O) groups excluding carboxylic acids is 1. The maximum absolute atomic E-state index is 13.4. The molecule has 2 aromatic carbocycles. The predicted molar refractivity (Wildman–Crippen MR) is 80.9 cm³/mol. The van der Waals surface area contributed by atoms with Crippen LogP contribution in [0.5, 0.6) is 0 Å². The molecule has 0 saturated heterocycles. The number of nitrogens with one attached hydrogen (secondary N) is 1. The molecule has 1 N–H and O–H groups in total. The zero-order valence-electron chi connectivity index (χ0n) is 10.9. The van der Waals surface area contributed by atoms with Gasteiger partial charge in [0.25, 0.3) is 5.91 Å². The Kier molecular flexibility index (Phi) is 5.59. The second kappa shape index (κ2) is 7.43. The molecule has 2 aromatic rings. The molecule has 0 heterocycles. The van der Waals surface area contributed by atoms with E-state index in [9.17, 15) is 13.6 Å². The van der Waals surface area contributed by atoms with Crippen LogP contribution in [-0.2, 0) is 0 Å². The summed E-state index contributed by atoms with van der Waals surface area (Å²) in [7, 11) is 0. The number of halogens is 3. The van der Waals surface area contributed by atoms with Crippen molar-refractivity contribution in [2.24, 2.45) is 0 Å². The van der Waals surface area contributed by atoms with Crippen LogP contribution in [-0.4, -0.2) is 18.2 Å². The van der Waals surface area contributed by atoms with Crippen LogP contribution in [0.3, 0.4) is 0 Å². The summed E-state index contributed by atoms with van der Waals surface area (Å²) in [6.07, 6.45) is 0. The van der Waals surface area contributed by atoms with Gasteiger partial charge in [-0.25, -0.2) is 8.78 Å². The molecule has 6 heteroatoms. The summed E-state index contributed by atoms with van der Waals surface area (Å²) in [6.45, 7) is 0.378. The molecule has 0 aliphatic carbocycles. The van der Waals surface area contributed by atoms with Crippen molar-refractivity contribution in [3.63, 3.8) is 0 Å². The molecule has 0 atom stereocenters. The topological polar surface area (TPSA) is 29.1 Å². The van der Waals surface area contributed by atoms with Gasteiger partial charge in [0.1, 0.15) is 11.6 Å². The molecule has 0 aromatic heterocycles. The maximum Gasteiger partial charge on any atom is 0.254 e. The molecule has 0 bridgehead atoms. The van der Waals surface area contributed by atoms with Crippen LogP contribution in [0.2, 0.25) is 5.02 Å². The SMILES string of the molecule is O=C(NCCSc1ccc(Cl)cc1)c1ccc(F)cc1F. The minimum atomic E-state index is -0.863. The fourth-order valence-corrected chi connectivity index (χ4v) is 2.53. The van der Waals surface area contributed by atoms with Crippen molar-refractivity contribution in [1.82, 2.24) is 5.32 Å². The van der Waals surface area contributed by atoms with Crippen molar-refractivity contribution in [2.45, 2.75) is 4.90 Å². The Bertz CT molecular complexity index is 634. The van der Waals surface area contributed by atoms with Crippen LogP contribution in [0.1, 0.15) is 10.4 Å². The van der Waals surface area contributed by atoms with Gasteiger partial charge in [-0.2, -0.15) is 0 Å². The van der Waals surface area contributed by atoms with E-state index in [4.69, 9.17) is 11.6 Å². The molecular weight excluding hydrogens is 316 g/mol. The lowest BCUT2D eigenvalue weighted by atomic mass is 10.2. The van der Waals surface area contributed by atoms with Gasteiger partial charge in [0.2, 0.25) is 0 Å². The first kappa shape index (κ1) is 15.8. The van der Waals surface area contributed by atoms with Crippen LogP contribution in [0.25, 0.3) is 0 Å². The Balaban J connectivity index is 1.80. The largest absolute Gasteiger partial charge is 0.351 e. The minimum absolute atomic E-state index is 0.159. The maximum atomic E-state index is 13.4. The second-order valence-electron chi connectivity index (χ2n) is 4.18. The lowest BCUT2D eigenvalue weighted by molar-refractivity contribution is 0.0952. The summed E-state index contributed by atoms with van der Waals surface area (Å²) in [5.41, 5.74) is -0.159. The molecule has 110 valence electrons. The van der Waals surface area contributed by atoms with E-state index in [0.29, 0.717) is 23.4 Å². The van der Waals surface area contributed by atoms with Crippen LogP contribution < -0.4 is 5.32 Å². The summed E-state index contributed by atoms with van der Waals surface area (Å²) in [4.78, 5) is 12.8. The van der Waals surface area contributed by atoms with Crippen molar-refractivity contribution in [1.29, 1.82) is 0 Å². The summed E-state index contributed by atoms with van der Waals surface area (Å²) >= 11 is 7.33. The third-order valence-corrected chi connectivity index (χ3v) is 3.91. The zero-order chi connectivity index (χ0) is 15.2. The van der Waals surface area contributed by atoms with Crippen molar-refractivity contribution in [3.8, 4) is 0 Å². The summed E-state index contributed by atoms with van der Waals surface area (Å²) < 4.78 is 26.1. The van der Waals surface area contributed by atoms with Crippen molar-refractivity contribution < 1.29 is 13.6 Å². The molecule has 1 amide bonds. The highest BCUT2D eigenvalue weighted by Gasteiger charge is 2.11. The molecule has 0 aliphatic heterocycles. The van der Waals surface area contributed by atoms with E-state index in [1.807, 2.05) is 12.1 Å². The highest BCUT2D eigenvalue weighted by Crippen LogP contribution is 2.19. The zero-order valence-corrected chi connectivity index (χ0v) is 12.5. The first-order valence-corrected chi connectivity index (χ1v) is 7.54. The quantitative estimate of drug-likeness (QED) is 0.660. The molecule has 0 radical (unpaired) electrons. The lowest BCUT2D eigenvalue weighted by Gasteiger charge is -2.06. The van der Waals surface area contributed by atoms with E-state index >= 15 is 0 Å². The number of rotatable bonds is 5. The fourth-order valence-electron chi connectivity index (χ4n) is 1.63. The Labute approximate surface area is 130 Å². The van der Waals surface area contributed by atoms with E-state index in [-0.39, 0.29) is 5.56 Å². The molecule has 2 rings (SSSR count). The molecule has 0 unspecified atom stereocenters. The van der Waals surface area contributed by atoms with Gasteiger partial charge in [-0.3, -0.25) is 4.79 Å². The third kappa shape index (κ3) is 4.72. The number of benzene rings is 2. The Hall–Kier alpha value is -1.59. The highest BCUT2D eigenvalue weighted by molar-refractivity contribution is 7.99. The first-order valence-electron chi connectivity index (χ1n) is 6.18. The van der Waals surface area contributed by atoms with Crippen LogP contribution in [0.15, 0.2) is 47.4 Å². The van der Waals surface area contributed by atoms with Gasteiger partial charge < -0.3 is 5.32 Å². The van der Waals surface area contributed by atoms with E-state index in [1.165, 1.54) is 0 Å². The van der Waals surface area contributed by atoms with E-state index in [2.05, 4.69) is 5.32 Å². The second-order valence-corrected chi connectivity index (χ2v) is 5.79. The summed E-state index contributed by atoms with van der Waals surface area (Å²) in [5, 5.41) is 3.26. The van der Waals surface area contributed by atoms with Gasteiger partial charge in [-0.1, -0.05) is 11.6 Å². The number of hydrogen-bond acceptors (Lipinski definition) is 2. The average molecular weight is 328 g/mol. The van der Waals surface area contributed by atoms with Crippen LogP contribution >= 0.6 is 23.4 Å². The van der Waals surface area contributed by atoms with Gasteiger partial charge >= 0.3 is 0 Å². The number of hydrogen-bond donors (Lipinski definition) is 1. The van der Waals surface area contributed by atoms with Gasteiger partial charge in [-0.15, -0.1) is 11.8 Å². The number of amides is 1. The monoisotopic (exact) mass is 327 g/mol. The fraction of sp³-hybridized carbons (Fsp3) is 0.133. The van der Waals surface area contributed by atoms with Gasteiger partial charge in [-0.05, 0) is 36.4 Å².